The Morgan fingerprint density at radius 1 is 0.552 bits per heavy atom. The van der Waals surface area contributed by atoms with E-state index in [1.807, 2.05) is 0 Å². The zero-order valence-electron chi connectivity index (χ0n) is 20.1. The van der Waals surface area contributed by atoms with Crippen molar-refractivity contribution in [2.45, 2.75) is 141 Å². The van der Waals surface area contributed by atoms with Crippen molar-refractivity contribution in [2.24, 2.45) is 0 Å². The van der Waals surface area contributed by atoms with E-state index in [1.54, 1.807) is 7.11 Å². The highest BCUT2D eigenvalue weighted by Crippen LogP contribution is 2.14. The molecule has 0 aliphatic heterocycles. The molecule has 1 atom stereocenters. The van der Waals surface area contributed by atoms with Gasteiger partial charge in [-0.2, -0.15) is 0 Å². The zero-order chi connectivity index (χ0) is 21.3. The Morgan fingerprint density at radius 2 is 0.897 bits per heavy atom. The number of ether oxygens (including phenoxy) is 2. The van der Waals surface area contributed by atoms with Crippen LogP contribution in [-0.4, -0.2) is 38.1 Å². The first-order valence-electron chi connectivity index (χ1n) is 13.1. The molecule has 0 aliphatic rings. The minimum Gasteiger partial charge on any atom is -0.394 e. The van der Waals surface area contributed by atoms with Crippen LogP contribution >= 0.6 is 0 Å². The number of unbranched alkanes of at least 4 members (excludes halogenated alkanes) is 19. The van der Waals surface area contributed by atoms with Gasteiger partial charge in [-0.3, -0.25) is 0 Å². The SMILES string of the molecule is CCCCCCCCCCCCCCCCCCCCCCOCC(CO)OC. The third-order valence-electron chi connectivity index (χ3n) is 5.98. The van der Waals surface area contributed by atoms with Crippen LogP contribution < -0.4 is 0 Å². The fourth-order valence-electron chi connectivity index (χ4n) is 3.87. The van der Waals surface area contributed by atoms with Gasteiger partial charge < -0.3 is 14.6 Å². The van der Waals surface area contributed by atoms with Crippen molar-refractivity contribution in [1.29, 1.82) is 0 Å². The first-order chi connectivity index (χ1) is 14.3. The van der Waals surface area contributed by atoms with E-state index in [-0.39, 0.29) is 12.7 Å². The summed E-state index contributed by atoms with van der Waals surface area (Å²) in [6, 6.07) is 0. The van der Waals surface area contributed by atoms with Crippen LogP contribution in [0.25, 0.3) is 0 Å². The summed E-state index contributed by atoms with van der Waals surface area (Å²) in [5, 5.41) is 8.99. The summed E-state index contributed by atoms with van der Waals surface area (Å²) in [4.78, 5) is 0. The molecule has 3 heteroatoms. The highest BCUT2D eigenvalue weighted by molar-refractivity contribution is 4.53. The Kier molecular flexibility index (Phi) is 25.8. The van der Waals surface area contributed by atoms with E-state index in [2.05, 4.69) is 6.92 Å². The average Bonchev–Trinajstić information content (AvgIpc) is 2.74. The van der Waals surface area contributed by atoms with Crippen LogP contribution in [0.15, 0.2) is 0 Å². The second-order valence-corrected chi connectivity index (χ2v) is 8.83. The van der Waals surface area contributed by atoms with E-state index in [4.69, 9.17) is 14.6 Å². The topological polar surface area (TPSA) is 38.7 Å². The van der Waals surface area contributed by atoms with Crippen molar-refractivity contribution in [3.63, 3.8) is 0 Å². The molecule has 176 valence electrons. The molecule has 0 aromatic carbocycles. The van der Waals surface area contributed by atoms with Crippen molar-refractivity contribution in [2.75, 3.05) is 26.9 Å². The molecule has 3 nitrogen and oxygen atoms in total. The van der Waals surface area contributed by atoms with Crippen LogP contribution in [0.3, 0.4) is 0 Å². The van der Waals surface area contributed by atoms with Gasteiger partial charge in [0, 0.05) is 13.7 Å². The number of aliphatic hydroxyl groups excluding tert-OH is 1. The lowest BCUT2D eigenvalue weighted by Gasteiger charge is -2.12. The molecule has 0 aromatic heterocycles. The monoisotopic (exact) mass is 414 g/mol. The summed E-state index contributed by atoms with van der Waals surface area (Å²) in [5.41, 5.74) is 0. The molecule has 0 aromatic rings. The van der Waals surface area contributed by atoms with Crippen LogP contribution in [0, 0.1) is 0 Å². The number of hydrogen-bond donors (Lipinski definition) is 1. The van der Waals surface area contributed by atoms with Gasteiger partial charge in [-0.25, -0.2) is 0 Å². The predicted octanol–water partition coefficient (Wildman–Crippen LogP) is 7.83. The van der Waals surface area contributed by atoms with Crippen LogP contribution in [0.1, 0.15) is 135 Å². The summed E-state index contributed by atoms with van der Waals surface area (Å²) in [6.07, 6.45) is 28.0. The third kappa shape index (κ3) is 24.0. The second-order valence-electron chi connectivity index (χ2n) is 8.83. The van der Waals surface area contributed by atoms with E-state index in [9.17, 15) is 0 Å². The van der Waals surface area contributed by atoms with Gasteiger partial charge in [-0.1, -0.05) is 129 Å². The van der Waals surface area contributed by atoms with Crippen molar-refractivity contribution in [1.82, 2.24) is 0 Å². The zero-order valence-corrected chi connectivity index (χ0v) is 20.1. The Hall–Kier alpha value is -0.120. The van der Waals surface area contributed by atoms with Gasteiger partial charge in [-0.15, -0.1) is 0 Å². The quantitative estimate of drug-likeness (QED) is 0.155. The molecule has 0 aliphatic carbocycles. The molecule has 1 unspecified atom stereocenters. The maximum atomic E-state index is 8.99. The van der Waals surface area contributed by atoms with Crippen molar-refractivity contribution in [3.05, 3.63) is 0 Å². The molecular weight excluding hydrogens is 360 g/mol. The number of hydrogen-bond acceptors (Lipinski definition) is 3. The lowest BCUT2D eigenvalue weighted by Crippen LogP contribution is -2.22. The number of methoxy groups -OCH3 is 1. The Labute approximate surface area is 183 Å². The molecule has 0 bridgehead atoms. The Bertz CT molecular complexity index is 279. The minimum atomic E-state index is -0.167. The average molecular weight is 415 g/mol. The van der Waals surface area contributed by atoms with Gasteiger partial charge in [0.2, 0.25) is 0 Å². The molecule has 0 saturated carbocycles. The largest absolute Gasteiger partial charge is 0.394 e. The predicted molar refractivity (Wildman–Crippen MR) is 127 cm³/mol. The normalized spacial score (nSPS) is 12.5. The van der Waals surface area contributed by atoms with Gasteiger partial charge >= 0.3 is 0 Å². The molecule has 29 heavy (non-hydrogen) atoms. The van der Waals surface area contributed by atoms with Crippen molar-refractivity contribution >= 4 is 0 Å². The summed E-state index contributed by atoms with van der Waals surface area (Å²) < 4.78 is 10.6. The summed E-state index contributed by atoms with van der Waals surface area (Å²) in [5.74, 6) is 0. The van der Waals surface area contributed by atoms with Crippen LogP contribution in [-0.2, 0) is 9.47 Å². The highest BCUT2D eigenvalue weighted by Gasteiger charge is 2.04. The third-order valence-corrected chi connectivity index (χ3v) is 5.98. The molecular formula is C26H54O3. The van der Waals surface area contributed by atoms with E-state index < -0.39 is 0 Å². The molecule has 0 saturated heterocycles. The lowest BCUT2D eigenvalue weighted by molar-refractivity contribution is -0.0205. The molecule has 0 heterocycles. The summed E-state index contributed by atoms with van der Waals surface area (Å²) >= 11 is 0. The molecule has 0 amide bonds. The van der Waals surface area contributed by atoms with Crippen LogP contribution in [0.2, 0.25) is 0 Å². The molecule has 0 spiro atoms. The Balaban J connectivity index is 3.03. The van der Waals surface area contributed by atoms with Crippen LogP contribution in [0.5, 0.6) is 0 Å². The van der Waals surface area contributed by atoms with Gasteiger partial charge in [0.25, 0.3) is 0 Å². The van der Waals surface area contributed by atoms with E-state index >= 15 is 0 Å². The summed E-state index contributed by atoms with van der Waals surface area (Å²) in [7, 11) is 1.61. The maximum absolute atomic E-state index is 8.99. The fourth-order valence-corrected chi connectivity index (χ4v) is 3.87. The molecule has 0 fully saturated rings. The van der Waals surface area contributed by atoms with Crippen LogP contribution in [0.4, 0.5) is 0 Å². The van der Waals surface area contributed by atoms with E-state index in [0.717, 1.165) is 13.0 Å². The Morgan fingerprint density at radius 3 is 1.21 bits per heavy atom. The second kappa shape index (κ2) is 25.9. The van der Waals surface area contributed by atoms with Crippen molar-refractivity contribution in [3.8, 4) is 0 Å². The van der Waals surface area contributed by atoms with Crippen molar-refractivity contribution < 1.29 is 14.6 Å². The van der Waals surface area contributed by atoms with E-state index in [0.29, 0.717) is 6.61 Å². The maximum Gasteiger partial charge on any atom is 0.103 e. The first kappa shape index (κ1) is 28.9. The van der Waals surface area contributed by atoms with E-state index in [1.165, 1.54) is 122 Å². The molecule has 0 radical (unpaired) electrons. The molecule has 0 rings (SSSR count). The number of aliphatic hydroxyl groups is 1. The van der Waals surface area contributed by atoms with Gasteiger partial charge in [0.15, 0.2) is 0 Å². The minimum absolute atomic E-state index is 0.0375. The van der Waals surface area contributed by atoms with Gasteiger partial charge in [-0.05, 0) is 6.42 Å². The van der Waals surface area contributed by atoms with Gasteiger partial charge in [0.05, 0.1) is 13.2 Å². The smallest absolute Gasteiger partial charge is 0.103 e. The summed E-state index contributed by atoms with van der Waals surface area (Å²) in [6.45, 7) is 3.63. The molecule has 1 N–H and O–H groups in total. The standard InChI is InChI=1S/C26H54O3/c1-3-4-5-6-7-8-9-10-11-12-13-14-15-16-17-18-19-20-21-22-23-29-25-26(24-27)28-2/h26-27H,3-25H2,1-2H3. The van der Waals surface area contributed by atoms with Gasteiger partial charge in [0.1, 0.15) is 6.10 Å². The lowest BCUT2D eigenvalue weighted by atomic mass is 10.0. The number of rotatable bonds is 25. The first-order valence-corrected chi connectivity index (χ1v) is 13.1. The highest BCUT2D eigenvalue weighted by atomic mass is 16.5. The fraction of sp³-hybridized carbons (Fsp3) is 1.00.